The minimum absolute atomic E-state index is 0.0377. The zero-order valence-electron chi connectivity index (χ0n) is 19.0. The first-order chi connectivity index (χ1) is 16.0. The normalized spacial score (nSPS) is 29.9. The molecule has 1 amide bonds. The number of nitrogens with zero attached hydrogens (tertiary/aromatic N) is 4. The second-order valence-electron chi connectivity index (χ2n) is 8.87. The largest absolute Gasteiger partial charge is 0.477 e. The molecule has 3 aliphatic rings. The van der Waals surface area contributed by atoms with Gasteiger partial charge in [0.15, 0.2) is 0 Å². The van der Waals surface area contributed by atoms with Gasteiger partial charge in [-0.15, -0.1) is 16.9 Å². The Morgan fingerprint density at radius 2 is 2.24 bits per heavy atom. The molecule has 1 aromatic heterocycles. The third-order valence-corrected chi connectivity index (χ3v) is 8.67. The Kier molecular flexibility index (Phi) is 7.04. The van der Waals surface area contributed by atoms with Crippen molar-refractivity contribution in [3.8, 4) is 0 Å². The van der Waals surface area contributed by atoms with Crippen molar-refractivity contribution in [3.63, 3.8) is 0 Å². The van der Waals surface area contributed by atoms with E-state index in [9.17, 15) is 23.1 Å². The monoisotopic (exact) mass is 515 g/mol. The molecule has 0 radical (unpaired) electrons. The lowest BCUT2D eigenvalue weighted by molar-refractivity contribution is -0.159. The number of hydrogen-bond acceptors (Lipinski definition) is 9. The highest BCUT2D eigenvalue weighted by Crippen LogP contribution is 2.53. The minimum Gasteiger partial charge on any atom is -0.477 e. The lowest BCUT2D eigenvalue weighted by Crippen LogP contribution is -2.62. The first-order valence-electron chi connectivity index (χ1n) is 10.9. The fraction of sp³-hybridized carbons (Fsp3) is 0.684. The highest BCUT2D eigenvalue weighted by atomic mass is 32.2. The molecule has 188 valence electrons. The van der Waals surface area contributed by atoms with Crippen LogP contribution in [0.15, 0.2) is 16.8 Å². The van der Waals surface area contributed by atoms with Crippen LogP contribution in [0.3, 0.4) is 0 Å². The number of thioether (sulfide) groups is 1. The van der Waals surface area contributed by atoms with Crippen molar-refractivity contribution >= 4 is 33.8 Å². The van der Waals surface area contributed by atoms with E-state index in [0.717, 1.165) is 0 Å². The Labute approximate surface area is 201 Å². The summed E-state index contributed by atoms with van der Waals surface area (Å²) < 4.78 is 31.3. The van der Waals surface area contributed by atoms with Crippen LogP contribution in [0.4, 0.5) is 0 Å². The fourth-order valence-electron chi connectivity index (χ4n) is 4.99. The molecule has 0 bridgehead atoms. The molecule has 6 atom stereocenters. The van der Waals surface area contributed by atoms with E-state index in [1.165, 1.54) is 16.7 Å². The smallest absolute Gasteiger partial charge is 0.353 e. The molecule has 5 N–H and O–H groups in total. The lowest BCUT2D eigenvalue weighted by Gasteiger charge is -2.47. The quantitative estimate of drug-likeness (QED) is 0.283. The maximum Gasteiger partial charge on any atom is 0.353 e. The van der Waals surface area contributed by atoms with E-state index < -0.39 is 22.1 Å². The number of aliphatic carboxylic acids is 1. The van der Waals surface area contributed by atoms with E-state index in [4.69, 9.17) is 9.88 Å². The van der Waals surface area contributed by atoms with Gasteiger partial charge in [-0.25, -0.2) is 19.3 Å². The first kappa shape index (κ1) is 25.1. The summed E-state index contributed by atoms with van der Waals surface area (Å²) in [6.45, 7) is 4.89. The van der Waals surface area contributed by atoms with E-state index in [1.54, 1.807) is 18.0 Å². The molecule has 1 aromatic rings. The topological polar surface area (TPSA) is 182 Å². The van der Waals surface area contributed by atoms with E-state index in [-0.39, 0.29) is 47.4 Å². The van der Waals surface area contributed by atoms with Crippen LogP contribution < -0.4 is 15.2 Å². The van der Waals surface area contributed by atoms with Crippen molar-refractivity contribution < 1.29 is 27.9 Å². The van der Waals surface area contributed by atoms with Gasteiger partial charge >= 0.3 is 5.97 Å². The number of methoxy groups -OCH3 is 1. The van der Waals surface area contributed by atoms with Crippen molar-refractivity contribution in [2.24, 2.45) is 17.0 Å². The molecule has 34 heavy (non-hydrogen) atoms. The van der Waals surface area contributed by atoms with Gasteiger partial charge in [0, 0.05) is 42.3 Å². The van der Waals surface area contributed by atoms with E-state index in [2.05, 4.69) is 20.4 Å². The average molecular weight is 516 g/mol. The number of β-lactam (4-membered cyclic amide) rings is 1. The summed E-state index contributed by atoms with van der Waals surface area (Å²) >= 11 is 1.45. The number of hydrogen-bond donors (Lipinski definition) is 4. The number of carbonyl (C=O) groups is 2. The summed E-state index contributed by atoms with van der Waals surface area (Å²) in [5, 5.41) is 26.4. The van der Waals surface area contributed by atoms with Crippen molar-refractivity contribution in [1.82, 2.24) is 29.9 Å². The van der Waals surface area contributed by atoms with Crippen molar-refractivity contribution in [2.45, 2.75) is 50.3 Å². The summed E-state index contributed by atoms with van der Waals surface area (Å²) in [4.78, 5) is 27.3. The third kappa shape index (κ3) is 4.72. The Bertz CT molecular complexity index is 1110. The first-order valence-corrected chi connectivity index (χ1v) is 13.3. The highest BCUT2D eigenvalue weighted by molar-refractivity contribution is 8.03. The maximum atomic E-state index is 13.1. The van der Waals surface area contributed by atoms with E-state index >= 15 is 0 Å². The molecule has 0 saturated carbocycles. The Balaban J connectivity index is 1.47. The number of ether oxygens (including phenoxy) is 1. The Morgan fingerprint density at radius 1 is 1.50 bits per heavy atom. The molecular weight excluding hydrogens is 486 g/mol. The summed E-state index contributed by atoms with van der Waals surface area (Å²) in [6, 6.07) is -0.683. The number of aromatic nitrogens is 3. The van der Waals surface area contributed by atoms with Gasteiger partial charge in [-0.1, -0.05) is 12.1 Å². The van der Waals surface area contributed by atoms with Gasteiger partial charge in [0.25, 0.3) is 10.2 Å². The van der Waals surface area contributed by atoms with Crippen LogP contribution in [-0.2, 0) is 31.1 Å². The van der Waals surface area contributed by atoms with Gasteiger partial charge in [0.2, 0.25) is 5.91 Å². The van der Waals surface area contributed by atoms with Gasteiger partial charge < -0.3 is 20.1 Å². The minimum atomic E-state index is -3.78. The predicted molar refractivity (Wildman–Crippen MR) is 122 cm³/mol. The predicted octanol–water partition coefficient (Wildman–Crippen LogP) is -0.985. The zero-order valence-corrected chi connectivity index (χ0v) is 20.7. The second kappa shape index (κ2) is 9.54. The molecule has 0 spiro atoms. The number of carboxylic acids is 1. The summed E-state index contributed by atoms with van der Waals surface area (Å²) in [7, 11) is -2.22. The number of carboxylic acid groups (broad SMARTS) is 1. The van der Waals surface area contributed by atoms with Gasteiger partial charge in [-0.2, -0.15) is 8.42 Å². The molecule has 15 heteroatoms. The van der Waals surface area contributed by atoms with Crippen LogP contribution in [0.25, 0.3) is 0 Å². The van der Waals surface area contributed by atoms with Gasteiger partial charge in [-0.05, 0) is 13.3 Å². The van der Waals surface area contributed by atoms with Crippen molar-refractivity contribution in [3.05, 3.63) is 22.5 Å². The summed E-state index contributed by atoms with van der Waals surface area (Å²) in [6.07, 6.45) is 2.38. The number of carbonyl (C=O) groups excluding carboxylic acids is 1. The fourth-order valence-corrected chi connectivity index (χ4v) is 6.95. The lowest BCUT2D eigenvalue weighted by atomic mass is 9.78. The summed E-state index contributed by atoms with van der Waals surface area (Å²) in [5.41, 5.74) is 0.693. The molecule has 4 heterocycles. The van der Waals surface area contributed by atoms with Crippen LogP contribution in [0.1, 0.15) is 32.0 Å². The number of amides is 1. The highest BCUT2D eigenvalue weighted by Gasteiger charge is 2.60. The van der Waals surface area contributed by atoms with Crippen LogP contribution in [0, 0.1) is 11.8 Å². The van der Waals surface area contributed by atoms with Crippen LogP contribution in [0.5, 0.6) is 0 Å². The number of fused-ring (bicyclic) bond motifs is 1. The molecule has 2 saturated heterocycles. The average Bonchev–Trinajstić information content (AvgIpc) is 3.45. The molecule has 0 aromatic carbocycles. The number of rotatable bonds is 10. The Hall–Kier alpha value is -2.04. The van der Waals surface area contributed by atoms with Gasteiger partial charge in [-0.3, -0.25) is 4.79 Å². The maximum absolute atomic E-state index is 13.1. The standard InChI is InChI=1S/C19H29N7O6S2/c1-9-15-14(10(2)25-7-12(8-32-3)23-24-25)18(27)26(15)16(19(28)29)17(9)33-13-4-11(21-6-13)5-22-34(20,30)31/h7,9-11,13-15,21-22H,4-6,8H2,1-3H3,(H,28,29)(H2,20,30,31)/t9-,10?,11+,13+,14-,15-/m1/s1. The number of nitrogens with one attached hydrogen (secondary N) is 2. The molecule has 1 unspecified atom stereocenters. The molecule has 4 rings (SSSR count). The molecule has 3 aliphatic heterocycles. The van der Waals surface area contributed by atoms with Crippen LogP contribution >= 0.6 is 11.8 Å². The van der Waals surface area contributed by atoms with Gasteiger partial charge in [0.05, 0.1) is 30.8 Å². The van der Waals surface area contributed by atoms with Crippen LogP contribution in [0.2, 0.25) is 0 Å². The van der Waals surface area contributed by atoms with Crippen molar-refractivity contribution in [1.29, 1.82) is 0 Å². The second-order valence-corrected chi connectivity index (χ2v) is 11.6. The molecular formula is C19H29N7O6S2. The third-order valence-electron chi connectivity index (χ3n) is 6.58. The summed E-state index contributed by atoms with van der Waals surface area (Å²) in [5.74, 6) is -1.95. The zero-order chi connectivity index (χ0) is 24.8. The van der Waals surface area contributed by atoms with Crippen LogP contribution in [-0.4, -0.2) is 82.8 Å². The molecule has 0 aliphatic carbocycles. The van der Waals surface area contributed by atoms with E-state index in [1.807, 2.05) is 13.8 Å². The Morgan fingerprint density at radius 3 is 2.88 bits per heavy atom. The SMILES string of the molecule is COCc1cn(C(C)[C@H]2C(=O)N3C(C(=O)O)=C(S[C@@H]4CN[C@H](CNS(N)(=O)=O)C4)[C@H](C)[C@H]23)nn1. The molecule has 13 nitrogen and oxygen atoms in total. The van der Waals surface area contributed by atoms with Crippen molar-refractivity contribution in [2.75, 3.05) is 20.2 Å². The van der Waals surface area contributed by atoms with Gasteiger partial charge in [0.1, 0.15) is 11.4 Å². The molecule has 2 fully saturated rings. The number of nitrogens with two attached hydrogens (primary N) is 1. The van der Waals surface area contributed by atoms with E-state index in [0.29, 0.717) is 30.2 Å².